The van der Waals surface area contributed by atoms with Crippen LogP contribution in [-0.2, 0) is 41.5 Å². The van der Waals surface area contributed by atoms with Gasteiger partial charge in [-0.1, -0.05) is 97.1 Å². The molecule has 1 heterocycles. The highest BCUT2D eigenvalue weighted by Gasteiger charge is 2.49. The molecule has 1 aliphatic heterocycles. The number of amides is 1. The maximum Gasteiger partial charge on any atom is 0.408 e. The molecule has 0 radical (unpaired) electrons. The standard InChI is InChI=1S/C38H37NO9/c1-44-37-34(48-36(42)29-20-12-5-13-21-29)30(33(47-37)25-45-35(41)28-18-10-4-11-19-28)23-32(40)31(22-26-14-6-2-7-15-26)39-38(43)46-24-27-16-8-3-9-17-27/h2-21,30-31,33-34,37H,22-25H2,1H3,(H,39,43)/t30-,31-,33+,34?,37+/m0/s1. The summed E-state index contributed by atoms with van der Waals surface area (Å²) in [7, 11) is 1.40. The lowest BCUT2D eigenvalue weighted by atomic mass is 9.88. The molecule has 4 aromatic carbocycles. The van der Waals surface area contributed by atoms with Gasteiger partial charge in [0.25, 0.3) is 0 Å². The van der Waals surface area contributed by atoms with Crippen molar-refractivity contribution >= 4 is 23.8 Å². The minimum absolute atomic E-state index is 0.0251. The monoisotopic (exact) mass is 651 g/mol. The minimum Gasteiger partial charge on any atom is -0.459 e. The van der Waals surface area contributed by atoms with E-state index in [1.54, 1.807) is 60.7 Å². The highest BCUT2D eigenvalue weighted by Crippen LogP contribution is 2.34. The van der Waals surface area contributed by atoms with E-state index in [9.17, 15) is 19.2 Å². The number of Topliss-reactive ketones (excluding diaryl/α,β-unsaturated/α-hetero) is 1. The van der Waals surface area contributed by atoms with Crippen LogP contribution in [0.2, 0.25) is 0 Å². The van der Waals surface area contributed by atoms with Crippen molar-refractivity contribution in [1.82, 2.24) is 5.32 Å². The van der Waals surface area contributed by atoms with E-state index in [0.29, 0.717) is 11.1 Å². The number of ketones is 1. The first-order chi connectivity index (χ1) is 23.4. The van der Waals surface area contributed by atoms with Gasteiger partial charge in [0.1, 0.15) is 19.3 Å². The molecule has 1 saturated heterocycles. The maximum atomic E-state index is 14.1. The number of carbonyl (C=O) groups excluding carboxylic acids is 4. The predicted octanol–water partition coefficient (Wildman–Crippen LogP) is 5.55. The summed E-state index contributed by atoms with van der Waals surface area (Å²) in [5.74, 6) is -2.36. The molecule has 1 amide bonds. The Hall–Kier alpha value is -5.32. The zero-order chi connectivity index (χ0) is 33.7. The number of esters is 2. The molecule has 10 heteroatoms. The first-order valence-electron chi connectivity index (χ1n) is 15.6. The van der Waals surface area contributed by atoms with Crippen molar-refractivity contribution < 1.29 is 42.9 Å². The van der Waals surface area contributed by atoms with Gasteiger partial charge in [-0.05, 0) is 41.8 Å². The molecular weight excluding hydrogens is 614 g/mol. The minimum atomic E-state index is -1.05. The summed E-state index contributed by atoms with van der Waals surface area (Å²) >= 11 is 0. The summed E-state index contributed by atoms with van der Waals surface area (Å²) < 4.78 is 28.6. The molecular formula is C38H37NO9. The number of benzene rings is 4. The Morgan fingerprint density at radius 3 is 1.83 bits per heavy atom. The number of methoxy groups -OCH3 is 1. The van der Waals surface area contributed by atoms with Crippen molar-refractivity contribution in [2.45, 2.75) is 44.0 Å². The Kier molecular flexibility index (Phi) is 12.1. The fourth-order valence-corrected chi connectivity index (χ4v) is 5.47. The van der Waals surface area contributed by atoms with Gasteiger partial charge in [0.2, 0.25) is 0 Å². The van der Waals surface area contributed by atoms with Gasteiger partial charge in [-0.2, -0.15) is 0 Å². The molecule has 0 aliphatic carbocycles. The van der Waals surface area contributed by atoms with Crippen LogP contribution >= 0.6 is 0 Å². The molecule has 5 rings (SSSR count). The summed E-state index contributed by atoms with van der Waals surface area (Å²) in [6.07, 6.45) is -3.73. The van der Waals surface area contributed by atoms with Gasteiger partial charge in [-0.3, -0.25) is 4.79 Å². The Morgan fingerprint density at radius 1 is 0.708 bits per heavy atom. The summed E-state index contributed by atoms with van der Waals surface area (Å²) in [6.45, 7) is -0.210. The van der Waals surface area contributed by atoms with Crippen LogP contribution in [0.1, 0.15) is 38.3 Å². The average Bonchev–Trinajstić information content (AvgIpc) is 3.46. The molecule has 48 heavy (non-hydrogen) atoms. The summed E-state index contributed by atoms with van der Waals surface area (Å²) in [4.78, 5) is 53.0. The second-order valence-electron chi connectivity index (χ2n) is 11.3. The fourth-order valence-electron chi connectivity index (χ4n) is 5.47. The first kappa shape index (κ1) is 34.0. The lowest BCUT2D eigenvalue weighted by Crippen LogP contribution is -2.45. The fraction of sp³-hybridized carbons (Fsp3) is 0.263. The maximum absolute atomic E-state index is 14.1. The number of alkyl carbamates (subject to hydrolysis) is 1. The van der Waals surface area contributed by atoms with Crippen LogP contribution < -0.4 is 5.32 Å². The lowest BCUT2D eigenvalue weighted by Gasteiger charge is -2.25. The Bertz CT molecular complexity index is 1630. The second-order valence-corrected chi connectivity index (χ2v) is 11.3. The molecule has 1 N–H and O–H groups in total. The van der Waals surface area contributed by atoms with Crippen molar-refractivity contribution in [2.75, 3.05) is 13.7 Å². The smallest absolute Gasteiger partial charge is 0.408 e. The SMILES string of the molecule is CO[C@@H]1O[C@H](COC(=O)c2ccccc2)[C@H](CC(=O)[C@H](Cc2ccccc2)NC(=O)OCc2ccccc2)C1OC(=O)c1ccccc1. The number of ether oxygens (including phenoxy) is 5. The van der Waals surface area contributed by atoms with Crippen LogP contribution in [0, 0.1) is 5.92 Å². The highest BCUT2D eigenvalue weighted by molar-refractivity contribution is 5.90. The van der Waals surface area contributed by atoms with Crippen LogP contribution in [0.15, 0.2) is 121 Å². The largest absolute Gasteiger partial charge is 0.459 e. The number of hydrogen-bond acceptors (Lipinski definition) is 9. The van der Waals surface area contributed by atoms with Gasteiger partial charge in [0.05, 0.1) is 17.2 Å². The molecule has 4 aromatic rings. The van der Waals surface area contributed by atoms with E-state index in [-0.39, 0.29) is 31.8 Å². The topological polar surface area (TPSA) is 126 Å². The van der Waals surface area contributed by atoms with Crippen LogP contribution in [0.25, 0.3) is 0 Å². The van der Waals surface area contributed by atoms with Crippen LogP contribution in [0.3, 0.4) is 0 Å². The van der Waals surface area contributed by atoms with E-state index in [0.717, 1.165) is 11.1 Å². The molecule has 5 atom stereocenters. The highest BCUT2D eigenvalue weighted by atomic mass is 16.7. The van der Waals surface area contributed by atoms with E-state index in [4.69, 9.17) is 23.7 Å². The van der Waals surface area contributed by atoms with Crippen LogP contribution in [0.4, 0.5) is 4.79 Å². The van der Waals surface area contributed by atoms with Gasteiger partial charge in [0.15, 0.2) is 18.2 Å². The first-order valence-corrected chi connectivity index (χ1v) is 15.6. The van der Waals surface area contributed by atoms with Gasteiger partial charge in [-0.15, -0.1) is 0 Å². The molecule has 0 spiro atoms. The van der Waals surface area contributed by atoms with E-state index < -0.39 is 48.5 Å². The van der Waals surface area contributed by atoms with Gasteiger partial charge in [0, 0.05) is 19.4 Å². The van der Waals surface area contributed by atoms with Gasteiger partial charge in [-0.25, -0.2) is 14.4 Å². The van der Waals surface area contributed by atoms with Gasteiger partial charge < -0.3 is 29.0 Å². The normalized spacial score (nSPS) is 19.1. The summed E-state index contributed by atoms with van der Waals surface area (Å²) in [5, 5.41) is 2.73. The quantitative estimate of drug-likeness (QED) is 0.138. The van der Waals surface area contributed by atoms with Crippen molar-refractivity contribution in [3.8, 4) is 0 Å². The number of carbonyl (C=O) groups is 4. The van der Waals surface area contributed by atoms with Crippen LogP contribution in [0.5, 0.6) is 0 Å². The molecule has 248 valence electrons. The van der Waals surface area contributed by atoms with Crippen molar-refractivity contribution in [2.24, 2.45) is 5.92 Å². The van der Waals surface area contributed by atoms with Crippen LogP contribution in [-0.4, -0.2) is 62.1 Å². The molecule has 0 aromatic heterocycles. The number of rotatable bonds is 14. The number of nitrogens with one attached hydrogen (secondary N) is 1. The van der Waals surface area contributed by atoms with E-state index in [1.807, 2.05) is 60.7 Å². The Balaban J connectivity index is 1.36. The molecule has 0 saturated carbocycles. The van der Waals surface area contributed by atoms with Crippen molar-refractivity contribution in [3.05, 3.63) is 144 Å². The zero-order valence-corrected chi connectivity index (χ0v) is 26.4. The molecule has 1 fully saturated rings. The Morgan fingerprint density at radius 2 is 1.25 bits per heavy atom. The molecule has 1 aliphatic rings. The summed E-state index contributed by atoms with van der Waals surface area (Å²) in [6, 6.07) is 34.3. The second kappa shape index (κ2) is 17.0. The van der Waals surface area contributed by atoms with Crippen molar-refractivity contribution in [1.29, 1.82) is 0 Å². The third-order valence-corrected chi connectivity index (χ3v) is 7.96. The zero-order valence-electron chi connectivity index (χ0n) is 26.4. The lowest BCUT2D eigenvalue weighted by molar-refractivity contribution is -0.155. The van der Waals surface area contributed by atoms with Crippen molar-refractivity contribution in [3.63, 3.8) is 0 Å². The molecule has 0 bridgehead atoms. The number of hydrogen-bond donors (Lipinski definition) is 1. The third-order valence-electron chi connectivity index (χ3n) is 7.96. The van der Waals surface area contributed by atoms with E-state index in [1.165, 1.54) is 7.11 Å². The third kappa shape index (κ3) is 9.37. The average molecular weight is 652 g/mol. The van der Waals surface area contributed by atoms with E-state index in [2.05, 4.69) is 5.32 Å². The predicted molar refractivity (Wildman–Crippen MR) is 175 cm³/mol. The molecule has 10 nitrogen and oxygen atoms in total. The van der Waals surface area contributed by atoms with E-state index >= 15 is 0 Å². The Labute approximate surface area is 278 Å². The van der Waals surface area contributed by atoms with Gasteiger partial charge >= 0.3 is 18.0 Å². The molecule has 1 unspecified atom stereocenters. The summed E-state index contributed by atoms with van der Waals surface area (Å²) in [5.41, 5.74) is 2.26.